The topological polar surface area (TPSA) is 58.2 Å². The number of fused-ring (bicyclic) bond motifs is 1. The Hall–Kier alpha value is -0.950. The fraction of sp³-hybridized carbons (Fsp3) is 0.429. The molecule has 1 aliphatic carbocycles. The van der Waals surface area contributed by atoms with Gasteiger partial charge in [-0.2, -0.15) is 0 Å². The number of sulfonamides is 1. The van der Waals surface area contributed by atoms with E-state index in [9.17, 15) is 8.42 Å². The Kier molecular flexibility index (Phi) is 3.36. The highest BCUT2D eigenvalue weighted by Crippen LogP contribution is 2.39. The third kappa shape index (κ3) is 2.48. The van der Waals surface area contributed by atoms with Crippen LogP contribution in [-0.2, 0) is 16.6 Å². The number of benzene rings is 1. The van der Waals surface area contributed by atoms with Crippen LogP contribution in [0.25, 0.3) is 10.1 Å². The summed E-state index contributed by atoms with van der Waals surface area (Å²) in [5.74, 6) is 0. The summed E-state index contributed by atoms with van der Waals surface area (Å²) in [4.78, 5) is 1.31. The second-order valence-electron chi connectivity index (χ2n) is 5.55. The molecule has 20 heavy (non-hydrogen) atoms. The maximum absolute atomic E-state index is 12.7. The van der Waals surface area contributed by atoms with E-state index in [1.165, 1.54) is 0 Å². The summed E-state index contributed by atoms with van der Waals surface area (Å²) >= 11 is 1.54. The van der Waals surface area contributed by atoms with Crippen LogP contribution in [0, 0.1) is 0 Å². The molecule has 1 heterocycles. The Balaban J connectivity index is 2.15. The van der Waals surface area contributed by atoms with E-state index in [1.807, 2.05) is 38.2 Å². The zero-order chi connectivity index (χ0) is 14.4. The van der Waals surface area contributed by atoms with Gasteiger partial charge in [0.25, 0.3) is 0 Å². The molecule has 1 fully saturated rings. The van der Waals surface area contributed by atoms with Gasteiger partial charge in [0.15, 0.2) is 0 Å². The van der Waals surface area contributed by atoms with Crippen molar-refractivity contribution in [1.82, 2.24) is 10.0 Å². The summed E-state index contributed by atoms with van der Waals surface area (Å²) < 4.78 is 29.3. The van der Waals surface area contributed by atoms with Crippen LogP contribution in [0.1, 0.15) is 24.6 Å². The monoisotopic (exact) mass is 310 g/mol. The molecule has 1 aromatic carbocycles. The SMILES string of the molecule is CNCc1sc2ccccc2c1S(=O)(=O)NC1(C)CC1. The standard InChI is InChI=1S/C14H18N2O2S2/c1-14(7-8-14)16-20(17,18)13-10-5-3-4-6-11(10)19-12(13)9-15-2/h3-6,15-16H,7-9H2,1-2H3. The third-order valence-corrected chi connectivity index (χ3v) is 6.67. The summed E-state index contributed by atoms with van der Waals surface area (Å²) in [5, 5.41) is 3.87. The van der Waals surface area contributed by atoms with Crippen LogP contribution in [0.4, 0.5) is 0 Å². The van der Waals surface area contributed by atoms with Gasteiger partial charge in [0.05, 0.1) is 0 Å². The second-order valence-corrected chi connectivity index (χ2v) is 8.30. The zero-order valence-electron chi connectivity index (χ0n) is 11.6. The van der Waals surface area contributed by atoms with Crippen molar-refractivity contribution >= 4 is 31.4 Å². The van der Waals surface area contributed by atoms with Gasteiger partial charge in [-0.15, -0.1) is 11.3 Å². The minimum absolute atomic E-state index is 0.251. The molecule has 0 saturated heterocycles. The van der Waals surface area contributed by atoms with Crippen LogP contribution in [0.5, 0.6) is 0 Å². The molecule has 1 aliphatic rings. The molecule has 2 N–H and O–H groups in total. The van der Waals surface area contributed by atoms with E-state index in [0.29, 0.717) is 11.4 Å². The fourth-order valence-corrected chi connectivity index (χ4v) is 5.73. The van der Waals surface area contributed by atoms with Crippen LogP contribution in [0.15, 0.2) is 29.2 Å². The molecule has 0 bridgehead atoms. The molecule has 108 valence electrons. The van der Waals surface area contributed by atoms with E-state index in [0.717, 1.165) is 27.8 Å². The maximum Gasteiger partial charge on any atom is 0.242 e. The van der Waals surface area contributed by atoms with Crippen molar-refractivity contribution in [3.05, 3.63) is 29.1 Å². The highest BCUT2D eigenvalue weighted by Gasteiger charge is 2.42. The average molecular weight is 310 g/mol. The molecule has 0 radical (unpaired) electrons. The van der Waals surface area contributed by atoms with Crippen LogP contribution >= 0.6 is 11.3 Å². The lowest BCUT2D eigenvalue weighted by Crippen LogP contribution is -2.34. The molecule has 1 saturated carbocycles. The molecule has 1 aromatic heterocycles. The molecule has 0 aliphatic heterocycles. The third-order valence-electron chi connectivity index (χ3n) is 3.60. The van der Waals surface area contributed by atoms with Gasteiger partial charge < -0.3 is 5.32 Å². The van der Waals surface area contributed by atoms with Gasteiger partial charge in [-0.05, 0) is 32.9 Å². The average Bonchev–Trinajstić information content (AvgIpc) is 2.96. The lowest BCUT2D eigenvalue weighted by Gasteiger charge is -2.13. The number of thiophene rings is 1. The van der Waals surface area contributed by atoms with Crippen molar-refractivity contribution < 1.29 is 8.42 Å². The minimum Gasteiger partial charge on any atom is -0.315 e. The van der Waals surface area contributed by atoms with Gasteiger partial charge in [-0.25, -0.2) is 13.1 Å². The molecule has 3 rings (SSSR count). The molecule has 0 unspecified atom stereocenters. The van der Waals surface area contributed by atoms with E-state index in [1.54, 1.807) is 11.3 Å². The Bertz CT molecular complexity index is 746. The second kappa shape index (κ2) is 4.80. The Labute approximate surface area is 123 Å². The van der Waals surface area contributed by atoms with Gasteiger partial charge in [-0.3, -0.25) is 0 Å². The highest BCUT2D eigenvalue weighted by atomic mass is 32.2. The molecule has 2 aromatic rings. The molecule has 4 nitrogen and oxygen atoms in total. The van der Waals surface area contributed by atoms with Gasteiger partial charge in [0, 0.05) is 27.0 Å². The molecule has 6 heteroatoms. The van der Waals surface area contributed by atoms with Gasteiger partial charge in [-0.1, -0.05) is 18.2 Å². The van der Waals surface area contributed by atoms with Crippen molar-refractivity contribution in [2.24, 2.45) is 0 Å². The van der Waals surface area contributed by atoms with Crippen molar-refractivity contribution in [2.45, 2.75) is 36.7 Å². The first kappa shape index (κ1) is 14.0. The van der Waals surface area contributed by atoms with Gasteiger partial charge in [0.1, 0.15) is 4.90 Å². The first-order chi connectivity index (χ1) is 9.45. The van der Waals surface area contributed by atoms with E-state index >= 15 is 0 Å². The molecule has 0 atom stereocenters. The number of hydrogen-bond donors (Lipinski definition) is 2. The number of nitrogens with one attached hydrogen (secondary N) is 2. The first-order valence-corrected chi connectivity index (χ1v) is 8.94. The van der Waals surface area contributed by atoms with Crippen molar-refractivity contribution in [3.63, 3.8) is 0 Å². The van der Waals surface area contributed by atoms with E-state index in [4.69, 9.17) is 0 Å². The predicted octanol–water partition coefficient (Wildman–Crippen LogP) is 2.45. The van der Waals surface area contributed by atoms with E-state index < -0.39 is 10.0 Å². The van der Waals surface area contributed by atoms with E-state index in [2.05, 4.69) is 10.0 Å². The normalized spacial score (nSPS) is 17.5. The van der Waals surface area contributed by atoms with Gasteiger partial charge in [0.2, 0.25) is 10.0 Å². The summed E-state index contributed by atoms with van der Waals surface area (Å²) in [6, 6.07) is 7.68. The summed E-state index contributed by atoms with van der Waals surface area (Å²) in [6.07, 6.45) is 1.82. The molecule has 0 amide bonds. The quantitative estimate of drug-likeness (QED) is 0.892. The van der Waals surface area contributed by atoms with Crippen molar-refractivity contribution in [2.75, 3.05) is 7.05 Å². The Morgan fingerprint density at radius 1 is 1.30 bits per heavy atom. The summed E-state index contributed by atoms with van der Waals surface area (Å²) in [6.45, 7) is 2.52. The molecular formula is C14H18N2O2S2. The first-order valence-electron chi connectivity index (χ1n) is 6.64. The van der Waals surface area contributed by atoms with Crippen LogP contribution in [0.2, 0.25) is 0 Å². The minimum atomic E-state index is -3.47. The molecule has 0 spiro atoms. The zero-order valence-corrected chi connectivity index (χ0v) is 13.2. The van der Waals surface area contributed by atoms with E-state index in [-0.39, 0.29) is 5.54 Å². The van der Waals surface area contributed by atoms with Crippen molar-refractivity contribution in [1.29, 1.82) is 0 Å². The summed E-state index contributed by atoms with van der Waals surface area (Å²) in [7, 11) is -1.64. The smallest absolute Gasteiger partial charge is 0.242 e. The lowest BCUT2D eigenvalue weighted by atomic mass is 10.2. The fourth-order valence-electron chi connectivity index (χ4n) is 2.31. The van der Waals surface area contributed by atoms with Crippen molar-refractivity contribution in [3.8, 4) is 0 Å². The Morgan fingerprint density at radius 3 is 2.65 bits per heavy atom. The van der Waals surface area contributed by atoms with Gasteiger partial charge >= 0.3 is 0 Å². The highest BCUT2D eigenvalue weighted by molar-refractivity contribution is 7.90. The number of hydrogen-bond acceptors (Lipinski definition) is 4. The molecular weight excluding hydrogens is 292 g/mol. The number of rotatable bonds is 5. The summed E-state index contributed by atoms with van der Waals surface area (Å²) in [5.41, 5.74) is -0.251. The lowest BCUT2D eigenvalue weighted by molar-refractivity contribution is 0.558. The maximum atomic E-state index is 12.7. The largest absolute Gasteiger partial charge is 0.315 e. The van der Waals surface area contributed by atoms with Crippen LogP contribution < -0.4 is 10.0 Å². The Morgan fingerprint density at radius 2 is 2.00 bits per heavy atom. The predicted molar refractivity (Wildman–Crippen MR) is 82.5 cm³/mol. The van der Waals surface area contributed by atoms with Crippen LogP contribution in [0.3, 0.4) is 0 Å². The van der Waals surface area contributed by atoms with Crippen LogP contribution in [-0.4, -0.2) is 21.0 Å².